The predicted octanol–water partition coefficient (Wildman–Crippen LogP) is 3.96. The Kier molecular flexibility index (Phi) is 3.98. The Morgan fingerprint density at radius 3 is 2.88 bits per heavy atom. The van der Waals surface area contributed by atoms with Crippen molar-refractivity contribution in [3.8, 4) is 11.5 Å². The summed E-state index contributed by atoms with van der Waals surface area (Å²) in [5.74, 6) is 2.20. The monoisotopic (exact) mass is 334 g/mol. The van der Waals surface area contributed by atoms with Gasteiger partial charge in [0.25, 0.3) is 0 Å². The Labute approximate surface area is 142 Å². The lowest BCUT2D eigenvalue weighted by atomic mass is 9.55. The first-order valence-electron chi connectivity index (χ1n) is 9.27. The van der Waals surface area contributed by atoms with E-state index in [2.05, 4.69) is 6.92 Å². The third-order valence-electron chi connectivity index (χ3n) is 7.09. The summed E-state index contributed by atoms with van der Waals surface area (Å²) < 4.78 is 17.8. The van der Waals surface area contributed by atoms with Crippen LogP contribution in [-0.4, -0.2) is 29.6 Å². The maximum atomic E-state index is 12.4. The Balaban J connectivity index is 1.66. The molecule has 3 aliphatic rings. The van der Waals surface area contributed by atoms with E-state index in [1.54, 1.807) is 0 Å². The smallest absolute Gasteiger partial charge is 0.161 e. The van der Waals surface area contributed by atoms with Crippen molar-refractivity contribution in [3.05, 3.63) is 23.3 Å². The summed E-state index contributed by atoms with van der Waals surface area (Å²) in [5.41, 5.74) is 2.56. The van der Waals surface area contributed by atoms with E-state index in [4.69, 9.17) is 4.74 Å². The first-order valence-corrected chi connectivity index (χ1v) is 9.27. The number of hydrogen-bond donors (Lipinski definition) is 2. The van der Waals surface area contributed by atoms with E-state index in [1.807, 2.05) is 12.1 Å². The first kappa shape index (κ1) is 16.2. The Bertz CT molecular complexity index is 632. The van der Waals surface area contributed by atoms with Crippen molar-refractivity contribution in [3.63, 3.8) is 0 Å². The van der Waals surface area contributed by atoms with Crippen LogP contribution in [0, 0.1) is 17.3 Å². The van der Waals surface area contributed by atoms with Crippen LogP contribution in [0.25, 0.3) is 0 Å². The molecule has 132 valence electrons. The molecule has 5 atom stereocenters. The maximum absolute atomic E-state index is 12.4. The van der Waals surface area contributed by atoms with Gasteiger partial charge in [0.15, 0.2) is 11.5 Å². The minimum atomic E-state index is -0.555. The van der Waals surface area contributed by atoms with Crippen LogP contribution < -0.4 is 4.74 Å². The number of fused-ring (bicyclic) bond motifs is 5. The quantitative estimate of drug-likeness (QED) is 0.880. The maximum Gasteiger partial charge on any atom is 0.161 e. The molecular formula is C20H27FO3. The number of alkyl halides is 1. The standard InChI is InChI=1S/C20H27FO3/c1-20-7-6-13-14(16(20)4-5-19(20)23)3-2-12-10-17(22)18(11-15(12)13)24-9-8-21/h10-11,13-14,16,19,22-23H,2-9H2,1H3/t13?,14?,16?,19-,20-/m0/s1. The largest absolute Gasteiger partial charge is 0.504 e. The lowest BCUT2D eigenvalue weighted by Gasteiger charge is -2.50. The summed E-state index contributed by atoms with van der Waals surface area (Å²) in [6.45, 7) is 1.70. The van der Waals surface area contributed by atoms with Gasteiger partial charge in [-0.2, -0.15) is 0 Å². The van der Waals surface area contributed by atoms with Crippen LogP contribution in [0.1, 0.15) is 56.1 Å². The average Bonchev–Trinajstić information content (AvgIpc) is 2.88. The zero-order valence-corrected chi connectivity index (χ0v) is 14.3. The average molecular weight is 334 g/mol. The van der Waals surface area contributed by atoms with E-state index in [-0.39, 0.29) is 23.9 Å². The van der Waals surface area contributed by atoms with Gasteiger partial charge in [0.05, 0.1) is 6.10 Å². The van der Waals surface area contributed by atoms with Crippen molar-refractivity contribution in [1.82, 2.24) is 0 Å². The van der Waals surface area contributed by atoms with Crippen LogP contribution in [0.3, 0.4) is 0 Å². The number of ether oxygens (including phenoxy) is 1. The molecule has 2 fully saturated rings. The van der Waals surface area contributed by atoms with Gasteiger partial charge in [-0.3, -0.25) is 0 Å². The second-order valence-corrected chi connectivity index (χ2v) is 8.11. The molecule has 24 heavy (non-hydrogen) atoms. The number of aryl methyl sites for hydroxylation is 1. The minimum Gasteiger partial charge on any atom is -0.504 e. The SMILES string of the molecule is C[C@]12CCC3c4cc(OCCF)c(O)cc4CCC3C1CC[C@@H]2O. The number of benzene rings is 1. The second-order valence-electron chi connectivity index (χ2n) is 8.11. The lowest BCUT2D eigenvalue weighted by Crippen LogP contribution is -2.43. The molecule has 0 aromatic heterocycles. The molecule has 0 aliphatic heterocycles. The number of rotatable bonds is 3. The highest BCUT2D eigenvalue weighted by Gasteiger charge is 2.54. The third kappa shape index (κ3) is 2.33. The van der Waals surface area contributed by atoms with Crippen molar-refractivity contribution < 1.29 is 19.3 Å². The van der Waals surface area contributed by atoms with Crippen molar-refractivity contribution in [2.24, 2.45) is 17.3 Å². The van der Waals surface area contributed by atoms with E-state index >= 15 is 0 Å². The van der Waals surface area contributed by atoms with Crippen LogP contribution in [-0.2, 0) is 6.42 Å². The van der Waals surface area contributed by atoms with Gasteiger partial charge in [0, 0.05) is 0 Å². The Hall–Kier alpha value is -1.29. The van der Waals surface area contributed by atoms with Gasteiger partial charge in [0.2, 0.25) is 0 Å². The van der Waals surface area contributed by atoms with Gasteiger partial charge in [-0.25, -0.2) is 4.39 Å². The van der Waals surface area contributed by atoms with E-state index in [0.29, 0.717) is 23.5 Å². The van der Waals surface area contributed by atoms with Gasteiger partial charge in [-0.05, 0) is 85.0 Å². The zero-order valence-electron chi connectivity index (χ0n) is 14.3. The fourth-order valence-corrected chi connectivity index (χ4v) is 5.82. The summed E-state index contributed by atoms with van der Waals surface area (Å²) >= 11 is 0. The molecule has 0 heterocycles. The highest BCUT2D eigenvalue weighted by atomic mass is 19.1. The number of phenols is 1. The molecule has 3 aliphatic carbocycles. The van der Waals surface area contributed by atoms with Gasteiger partial charge >= 0.3 is 0 Å². The number of halogens is 1. The molecule has 0 saturated heterocycles. The van der Waals surface area contributed by atoms with Crippen LogP contribution in [0.4, 0.5) is 4.39 Å². The van der Waals surface area contributed by atoms with Gasteiger partial charge in [-0.15, -0.1) is 0 Å². The first-order chi connectivity index (χ1) is 11.5. The molecule has 3 unspecified atom stereocenters. The molecule has 2 N–H and O–H groups in total. The molecule has 3 nitrogen and oxygen atoms in total. The van der Waals surface area contributed by atoms with E-state index in [1.165, 1.54) is 11.1 Å². The summed E-state index contributed by atoms with van der Waals surface area (Å²) in [6.07, 6.45) is 6.13. The molecule has 0 radical (unpaired) electrons. The number of aliphatic hydroxyl groups is 1. The number of aromatic hydroxyl groups is 1. The fourth-order valence-electron chi connectivity index (χ4n) is 5.82. The van der Waals surface area contributed by atoms with Crippen LogP contribution in [0.2, 0.25) is 0 Å². The highest BCUT2D eigenvalue weighted by molar-refractivity contribution is 5.49. The minimum absolute atomic E-state index is 0.0205. The third-order valence-corrected chi connectivity index (χ3v) is 7.09. The molecule has 0 bridgehead atoms. The van der Waals surface area contributed by atoms with Crippen molar-refractivity contribution in [2.45, 2.75) is 57.5 Å². The molecule has 2 saturated carbocycles. The molecular weight excluding hydrogens is 307 g/mol. The topological polar surface area (TPSA) is 49.7 Å². The summed E-state index contributed by atoms with van der Waals surface area (Å²) in [5, 5.41) is 20.6. The van der Waals surface area contributed by atoms with Gasteiger partial charge in [-0.1, -0.05) is 6.92 Å². The molecule has 1 aromatic carbocycles. The number of phenolic OH excluding ortho intramolecular Hbond substituents is 1. The predicted molar refractivity (Wildman–Crippen MR) is 90.2 cm³/mol. The highest BCUT2D eigenvalue weighted by Crippen LogP contribution is 2.61. The van der Waals surface area contributed by atoms with Crippen molar-refractivity contribution >= 4 is 0 Å². The normalized spacial score (nSPS) is 37.5. The Morgan fingerprint density at radius 1 is 1.25 bits per heavy atom. The molecule has 0 spiro atoms. The van der Waals surface area contributed by atoms with E-state index in [0.717, 1.165) is 38.5 Å². The fraction of sp³-hybridized carbons (Fsp3) is 0.700. The van der Waals surface area contributed by atoms with Crippen LogP contribution in [0.15, 0.2) is 12.1 Å². The van der Waals surface area contributed by atoms with Crippen LogP contribution >= 0.6 is 0 Å². The summed E-state index contributed by atoms with van der Waals surface area (Å²) in [7, 11) is 0. The summed E-state index contributed by atoms with van der Waals surface area (Å²) in [4.78, 5) is 0. The van der Waals surface area contributed by atoms with Crippen molar-refractivity contribution in [1.29, 1.82) is 0 Å². The Morgan fingerprint density at radius 2 is 2.08 bits per heavy atom. The molecule has 4 heteroatoms. The van der Waals surface area contributed by atoms with Crippen LogP contribution in [0.5, 0.6) is 11.5 Å². The van der Waals surface area contributed by atoms with Crippen molar-refractivity contribution in [2.75, 3.05) is 13.3 Å². The molecule has 0 amide bonds. The number of hydrogen-bond acceptors (Lipinski definition) is 3. The lowest BCUT2D eigenvalue weighted by molar-refractivity contribution is -0.0226. The van der Waals surface area contributed by atoms with Gasteiger partial charge < -0.3 is 14.9 Å². The second kappa shape index (κ2) is 5.91. The number of aliphatic hydroxyl groups excluding tert-OH is 1. The van der Waals surface area contributed by atoms with E-state index < -0.39 is 6.67 Å². The van der Waals surface area contributed by atoms with E-state index in [9.17, 15) is 14.6 Å². The molecule has 1 aromatic rings. The summed E-state index contributed by atoms with van der Waals surface area (Å²) in [6, 6.07) is 3.77. The zero-order chi connectivity index (χ0) is 16.9. The molecule has 4 rings (SSSR count). The van der Waals surface area contributed by atoms with Gasteiger partial charge in [0.1, 0.15) is 13.3 Å².